The van der Waals surface area contributed by atoms with E-state index in [0.29, 0.717) is 24.5 Å². The van der Waals surface area contributed by atoms with Gasteiger partial charge in [0.05, 0.1) is 17.2 Å². The molecule has 0 saturated carbocycles. The van der Waals surface area contributed by atoms with Gasteiger partial charge in [-0.25, -0.2) is 8.42 Å². The van der Waals surface area contributed by atoms with Crippen LogP contribution >= 0.6 is 0 Å². The summed E-state index contributed by atoms with van der Waals surface area (Å²) in [4.78, 5) is 28.2. The van der Waals surface area contributed by atoms with Crippen LogP contribution in [-0.4, -0.2) is 51.4 Å². The van der Waals surface area contributed by atoms with Crippen molar-refractivity contribution in [2.45, 2.75) is 44.7 Å². The van der Waals surface area contributed by atoms with Crippen molar-refractivity contribution in [2.75, 3.05) is 24.5 Å². The van der Waals surface area contributed by atoms with Crippen LogP contribution < -0.4 is 14.4 Å². The fourth-order valence-corrected chi connectivity index (χ4v) is 5.65. The van der Waals surface area contributed by atoms with Gasteiger partial charge in [0.15, 0.2) is 0 Å². The van der Waals surface area contributed by atoms with Gasteiger partial charge < -0.3 is 15.0 Å². The quantitative estimate of drug-likeness (QED) is 0.375. The second-order valence-electron chi connectivity index (χ2n) is 8.80. The molecule has 0 aromatic heterocycles. The Kier molecular flexibility index (Phi) is 9.90. The van der Waals surface area contributed by atoms with Crippen LogP contribution in [0.15, 0.2) is 83.8 Å². The Balaban J connectivity index is 2.04. The zero-order chi connectivity index (χ0) is 27.7. The lowest BCUT2D eigenvalue weighted by molar-refractivity contribution is -0.140. The molecule has 0 bridgehead atoms. The van der Waals surface area contributed by atoms with E-state index in [2.05, 4.69) is 5.32 Å². The van der Waals surface area contributed by atoms with E-state index in [1.54, 1.807) is 42.5 Å². The fourth-order valence-electron chi connectivity index (χ4n) is 4.22. The van der Waals surface area contributed by atoms with Crippen LogP contribution in [0.2, 0.25) is 0 Å². The lowest BCUT2D eigenvalue weighted by Crippen LogP contribution is -2.51. The summed E-state index contributed by atoms with van der Waals surface area (Å²) in [5.41, 5.74) is 2.18. The molecule has 9 heteroatoms. The van der Waals surface area contributed by atoms with Crippen molar-refractivity contribution in [3.8, 4) is 5.75 Å². The van der Waals surface area contributed by atoms with Gasteiger partial charge in [-0.05, 0) is 62.2 Å². The minimum Gasteiger partial charge on any atom is -0.494 e. The number of ether oxygens (including phenoxy) is 1. The lowest BCUT2D eigenvalue weighted by Gasteiger charge is -2.33. The molecular weight excluding hydrogens is 502 g/mol. The van der Waals surface area contributed by atoms with E-state index >= 15 is 0 Å². The Bertz CT molecular complexity index is 1330. The van der Waals surface area contributed by atoms with Crippen LogP contribution in [0.4, 0.5) is 5.69 Å². The summed E-state index contributed by atoms with van der Waals surface area (Å²) in [6.45, 7) is 5.78. The van der Waals surface area contributed by atoms with E-state index in [-0.39, 0.29) is 17.3 Å². The fraction of sp³-hybridized carbons (Fsp3) is 0.310. The zero-order valence-electron chi connectivity index (χ0n) is 22.3. The number of amides is 2. The van der Waals surface area contributed by atoms with E-state index in [4.69, 9.17) is 4.74 Å². The van der Waals surface area contributed by atoms with Crippen LogP contribution in [0.3, 0.4) is 0 Å². The highest BCUT2D eigenvalue weighted by Gasteiger charge is 2.33. The molecule has 0 radical (unpaired) electrons. The molecule has 0 heterocycles. The van der Waals surface area contributed by atoms with Crippen molar-refractivity contribution >= 4 is 27.5 Å². The molecule has 3 aromatic rings. The summed E-state index contributed by atoms with van der Waals surface area (Å²) < 4.78 is 34.1. The highest BCUT2D eigenvalue weighted by Crippen LogP contribution is 2.27. The Hall–Kier alpha value is -3.85. The lowest BCUT2D eigenvalue weighted by atomic mass is 10.1. The van der Waals surface area contributed by atoms with Gasteiger partial charge >= 0.3 is 0 Å². The molecule has 1 unspecified atom stereocenters. The van der Waals surface area contributed by atoms with Crippen molar-refractivity contribution in [1.29, 1.82) is 0 Å². The van der Waals surface area contributed by atoms with Crippen LogP contribution in [0.1, 0.15) is 31.4 Å². The molecule has 2 amide bonds. The minimum absolute atomic E-state index is 0.0604. The molecule has 1 atom stereocenters. The molecule has 0 aliphatic carbocycles. The van der Waals surface area contributed by atoms with Crippen molar-refractivity contribution in [1.82, 2.24) is 10.2 Å². The van der Waals surface area contributed by atoms with E-state index in [9.17, 15) is 18.0 Å². The SMILES string of the molecule is CCOc1ccc(N(CC(=O)N(Cc2cccc(C)c2)C(CC)C(=O)NC)S(=O)(=O)c2ccccc2)cc1. The van der Waals surface area contributed by atoms with Gasteiger partial charge in [0, 0.05) is 13.6 Å². The van der Waals surface area contributed by atoms with Crippen molar-refractivity contribution < 1.29 is 22.7 Å². The molecule has 0 saturated heterocycles. The maximum atomic E-state index is 13.9. The minimum atomic E-state index is -4.10. The first-order valence-electron chi connectivity index (χ1n) is 12.6. The van der Waals surface area contributed by atoms with Gasteiger partial charge in [0.1, 0.15) is 18.3 Å². The van der Waals surface area contributed by atoms with Gasteiger partial charge in [-0.1, -0.05) is 55.0 Å². The summed E-state index contributed by atoms with van der Waals surface area (Å²) in [7, 11) is -2.58. The molecule has 0 fully saturated rings. The van der Waals surface area contributed by atoms with Crippen LogP contribution in [0.5, 0.6) is 5.75 Å². The summed E-state index contributed by atoms with van der Waals surface area (Å²) >= 11 is 0. The number of hydrogen-bond donors (Lipinski definition) is 1. The van der Waals surface area contributed by atoms with E-state index in [0.717, 1.165) is 15.4 Å². The van der Waals surface area contributed by atoms with Crippen molar-refractivity contribution in [3.05, 3.63) is 90.0 Å². The number of nitrogens with zero attached hydrogens (tertiary/aromatic N) is 2. The molecule has 0 aliphatic heterocycles. The van der Waals surface area contributed by atoms with Gasteiger partial charge in [-0.3, -0.25) is 13.9 Å². The first-order valence-corrected chi connectivity index (χ1v) is 14.0. The number of carbonyl (C=O) groups is 2. The maximum absolute atomic E-state index is 13.9. The third-order valence-corrected chi connectivity index (χ3v) is 7.90. The number of anilines is 1. The number of hydrogen-bond acceptors (Lipinski definition) is 5. The highest BCUT2D eigenvalue weighted by molar-refractivity contribution is 7.92. The predicted octanol–water partition coefficient (Wildman–Crippen LogP) is 4.14. The predicted molar refractivity (Wildman–Crippen MR) is 148 cm³/mol. The smallest absolute Gasteiger partial charge is 0.264 e. The number of rotatable bonds is 12. The van der Waals surface area contributed by atoms with Crippen LogP contribution in [0.25, 0.3) is 0 Å². The Labute approximate surface area is 225 Å². The van der Waals surface area contributed by atoms with Gasteiger partial charge in [-0.15, -0.1) is 0 Å². The number of likely N-dealkylation sites (N-methyl/N-ethyl adjacent to an activating group) is 1. The molecule has 3 aromatic carbocycles. The van der Waals surface area contributed by atoms with Gasteiger partial charge in [0.2, 0.25) is 11.8 Å². The largest absolute Gasteiger partial charge is 0.494 e. The number of benzene rings is 3. The van der Waals surface area contributed by atoms with Crippen LogP contribution in [0, 0.1) is 6.92 Å². The maximum Gasteiger partial charge on any atom is 0.264 e. The molecule has 0 spiro atoms. The molecule has 38 heavy (non-hydrogen) atoms. The van der Waals surface area contributed by atoms with E-state index in [1.807, 2.05) is 45.0 Å². The Morgan fingerprint density at radius 2 is 1.63 bits per heavy atom. The molecule has 8 nitrogen and oxygen atoms in total. The summed E-state index contributed by atoms with van der Waals surface area (Å²) in [5.74, 6) is -0.214. The average molecular weight is 538 g/mol. The number of aryl methyl sites for hydroxylation is 1. The number of nitrogens with one attached hydrogen (secondary N) is 1. The van der Waals surface area contributed by atoms with E-state index in [1.165, 1.54) is 24.1 Å². The summed E-state index contributed by atoms with van der Waals surface area (Å²) in [6, 6.07) is 21.4. The Morgan fingerprint density at radius 3 is 2.21 bits per heavy atom. The molecule has 3 rings (SSSR count). The second-order valence-corrected chi connectivity index (χ2v) is 10.7. The molecule has 1 N–H and O–H groups in total. The Morgan fingerprint density at radius 1 is 0.947 bits per heavy atom. The van der Waals surface area contributed by atoms with Gasteiger partial charge in [0.25, 0.3) is 10.0 Å². The normalized spacial score (nSPS) is 11.9. The molecule has 0 aliphatic rings. The zero-order valence-corrected chi connectivity index (χ0v) is 23.1. The standard InChI is InChI=1S/C29H35N3O5S/c1-5-27(29(34)30-4)31(20-23-12-10-11-22(3)19-23)28(33)21-32(24-15-17-25(18-16-24)37-6-2)38(35,36)26-13-8-7-9-14-26/h7-19,27H,5-6,20-21H2,1-4H3,(H,30,34). The first-order chi connectivity index (χ1) is 18.2. The molecular formula is C29H35N3O5S. The number of carbonyl (C=O) groups excluding carboxylic acids is 2. The van der Waals surface area contributed by atoms with Crippen LogP contribution in [-0.2, 0) is 26.2 Å². The molecule has 202 valence electrons. The monoisotopic (exact) mass is 537 g/mol. The summed E-state index contributed by atoms with van der Waals surface area (Å²) in [5, 5.41) is 2.63. The third kappa shape index (κ3) is 6.92. The van der Waals surface area contributed by atoms with Gasteiger partial charge in [-0.2, -0.15) is 0 Å². The topological polar surface area (TPSA) is 96.0 Å². The highest BCUT2D eigenvalue weighted by atomic mass is 32.2. The first kappa shape index (κ1) is 28.7. The second kappa shape index (κ2) is 13.1. The van der Waals surface area contributed by atoms with Crippen molar-refractivity contribution in [3.63, 3.8) is 0 Å². The third-order valence-electron chi connectivity index (χ3n) is 6.11. The number of sulfonamides is 1. The summed E-state index contributed by atoms with van der Waals surface area (Å²) in [6.07, 6.45) is 0.367. The average Bonchev–Trinajstić information content (AvgIpc) is 2.92. The van der Waals surface area contributed by atoms with E-state index < -0.39 is 28.5 Å². The van der Waals surface area contributed by atoms with Crippen molar-refractivity contribution in [2.24, 2.45) is 0 Å².